The maximum Gasteiger partial charge on any atom is 0.330 e. The molecule has 2 saturated heterocycles. The van der Waals surface area contributed by atoms with Crippen LogP contribution < -0.4 is 9.47 Å². The van der Waals surface area contributed by atoms with E-state index in [1.54, 1.807) is 0 Å². The van der Waals surface area contributed by atoms with Crippen molar-refractivity contribution in [2.24, 2.45) is 0 Å². The van der Waals surface area contributed by atoms with Gasteiger partial charge in [0.25, 0.3) is 0 Å². The van der Waals surface area contributed by atoms with E-state index in [0.717, 1.165) is 18.2 Å². The number of phenols is 3. The molecule has 3 aliphatic heterocycles. The Hall–Kier alpha value is -6.99. The molecule has 3 aromatic rings. The molecule has 11 atom stereocenters. The number of fused-ring (bicyclic) bond motifs is 1. The molecule has 0 amide bonds. The predicted molar refractivity (Wildman–Crippen MR) is 210 cm³/mol. The van der Waals surface area contributed by atoms with Crippen molar-refractivity contribution in [1.82, 2.24) is 0 Å². The van der Waals surface area contributed by atoms with E-state index in [2.05, 4.69) is 0 Å². The van der Waals surface area contributed by atoms with Gasteiger partial charge < -0.3 is 89.0 Å². The third kappa shape index (κ3) is 12.0. The predicted octanol–water partition coefficient (Wildman–Crippen LogP) is -0.411. The van der Waals surface area contributed by atoms with Crippen molar-refractivity contribution in [1.29, 1.82) is 0 Å². The van der Waals surface area contributed by atoms with E-state index in [4.69, 9.17) is 48.1 Å². The van der Waals surface area contributed by atoms with E-state index < -0.39 is 129 Å². The number of carbonyl (C=O) groups excluding carboxylic acids is 3. The molecule has 0 aromatic heterocycles. The van der Waals surface area contributed by atoms with Crippen molar-refractivity contribution in [3.05, 3.63) is 89.2 Å². The summed E-state index contributed by atoms with van der Waals surface area (Å²) in [6.45, 7) is -1.55. The normalized spacial score (nSPS) is 27.3. The number of aliphatic hydroxyl groups excluding tert-OH is 5. The lowest BCUT2D eigenvalue weighted by molar-refractivity contribution is -0.294. The number of benzene rings is 3. The van der Waals surface area contributed by atoms with Crippen molar-refractivity contribution in [3.8, 4) is 28.7 Å². The van der Waals surface area contributed by atoms with Crippen molar-refractivity contribution in [2.75, 3.05) is 13.2 Å². The lowest BCUT2D eigenvalue weighted by Gasteiger charge is -2.42. The summed E-state index contributed by atoms with van der Waals surface area (Å²) >= 11 is 0. The fourth-order valence-corrected chi connectivity index (χ4v) is 6.63. The first-order valence-electron chi connectivity index (χ1n) is 19.4. The van der Waals surface area contributed by atoms with Gasteiger partial charge in [-0.15, -0.1) is 0 Å². The van der Waals surface area contributed by atoms with Crippen LogP contribution in [0.2, 0.25) is 0 Å². The van der Waals surface area contributed by atoms with Crippen LogP contribution in [0.15, 0.2) is 72.5 Å². The zero-order valence-corrected chi connectivity index (χ0v) is 33.5. The number of aromatic hydroxyl groups is 3. The average molecular weight is 915 g/mol. The molecule has 3 heterocycles. The lowest BCUT2D eigenvalue weighted by Crippen LogP contribution is -2.61. The van der Waals surface area contributed by atoms with Crippen LogP contribution in [0.1, 0.15) is 35.6 Å². The van der Waals surface area contributed by atoms with Crippen LogP contribution in [0.3, 0.4) is 0 Å². The number of rotatable bonds is 16. The van der Waals surface area contributed by atoms with E-state index in [1.807, 2.05) is 0 Å². The van der Waals surface area contributed by atoms with Crippen LogP contribution in [-0.4, -0.2) is 156 Å². The van der Waals surface area contributed by atoms with E-state index in [9.17, 15) is 64.8 Å². The Morgan fingerprint density at radius 1 is 0.631 bits per heavy atom. The molecular weight excluding hydrogens is 872 g/mol. The molecular formula is C42H42O23. The number of hydrogen-bond acceptors (Lipinski definition) is 21. The maximum absolute atomic E-state index is 12.5. The topological polar surface area (TPSA) is 361 Å². The molecule has 23 heteroatoms. The summed E-state index contributed by atoms with van der Waals surface area (Å²) in [4.78, 5) is 59.0. The number of esters is 3. The molecule has 65 heavy (non-hydrogen) atoms. The van der Waals surface area contributed by atoms with Crippen molar-refractivity contribution < 1.29 is 113 Å². The number of carboxylic acids is 2. The molecule has 0 aliphatic carbocycles. The van der Waals surface area contributed by atoms with E-state index in [0.29, 0.717) is 11.1 Å². The van der Waals surface area contributed by atoms with Crippen molar-refractivity contribution in [2.45, 2.75) is 80.4 Å². The number of carbonyl (C=O) groups is 5. The second-order valence-corrected chi connectivity index (χ2v) is 14.6. The standard InChI is InChI=1S/C42H42O23/c43-20-6-1-18(2-7-20)3-10-31(50)58-16-27-34(53)35(54)37(56)41(63-27)62-26-13-23-24(60-39(26)19-4-8-21(44)9-5-19)11-22(45)12-25(23)61-42-38(57)36(55)40(65-33(52)15-30(48)49)28(64-42)17-59-32(51)14-29(46)47/h1-13,27-28,34-45,53-57H,14-17H2,(H,46,47)(H,48,49). The van der Waals surface area contributed by atoms with Gasteiger partial charge in [0.2, 0.25) is 12.6 Å². The minimum atomic E-state index is -2.12. The van der Waals surface area contributed by atoms with Crippen LogP contribution in [0.5, 0.6) is 28.7 Å². The molecule has 6 rings (SSSR count). The van der Waals surface area contributed by atoms with Gasteiger partial charge >= 0.3 is 29.8 Å². The van der Waals surface area contributed by atoms with Crippen LogP contribution in [0.4, 0.5) is 0 Å². The minimum absolute atomic E-state index is 0.00897. The zero-order chi connectivity index (χ0) is 47.1. The van der Waals surface area contributed by atoms with Crippen LogP contribution in [0, 0.1) is 0 Å². The van der Waals surface area contributed by atoms with Gasteiger partial charge in [-0.3, -0.25) is 19.2 Å². The summed E-state index contributed by atoms with van der Waals surface area (Å²) < 4.78 is 44.9. The third-order valence-electron chi connectivity index (χ3n) is 9.84. The Balaban J connectivity index is 1.27. The second-order valence-electron chi connectivity index (χ2n) is 14.6. The van der Waals surface area contributed by atoms with Crippen molar-refractivity contribution in [3.63, 3.8) is 0 Å². The second kappa shape index (κ2) is 20.7. The summed E-state index contributed by atoms with van der Waals surface area (Å²) in [6.07, 6.45) is -18.6. The molecule has 10 N–H and O–H groups in total. The summed E-state index contributed by atoms with van der Waals surface area (Å²) in [5, 5.41) is 103. The van der Waals surface area contributed by atoms with Crippen molar-refractivity contribution >= 4 is 42.0 Å². The van der Waals surface area contributed by atoms with Gasteiger partial charge in [-0.25, -0.2) is 4.79 Å². The molecule has 0 saturated carbocycles. The highest BCUT2D eigenvalue weighted by Crippen LogP contribution is 2.46. The molecule has 0 spiro atoms. The summed E-state index contributed by atoms with van der Waals surface area (Å²) in [5.74, 6) is -8.04. The molecule has 11 unspecified atom stereocenters. The van der Waals surface area contributed by atoms with Crippen LogP contribution in [-0.2, 0) is 52.4 Å². The van der Waals surface area contributed by atoms with E-state index >= 15 is 0 Å². The molecule has 348 valence electrons. The molecule has 0 bridgehead atoms. The number of carboxylic acid groups (broad SMARTS) is 2. The van der Waals surface area contributed by atoms with Gasteiger partial charge in [0, 0.05) is 23.8 Å². The number of phenolic OH excluding ortho intramolecular Hbond substituents is 3. The highest BCUT2D eigenvalue weighted by molar-refractivity contribution is 5.90. The van der Waals surface area contributed by atoms with E-state index in [-0.39, 0.29) is 34.3 Å². The van der Waals surface area contributed by atoms with Gasteiger partial charge in [-0.1, -0.05) is 24.3 Å². The third-order valence-corrected chi connectivity index (χ3v) is 9.84. The van der Waals surface area contributed by atoms with Crippen LogP contribution in [0.25, 0.3) is 12.2 Å². The first kappa shape index (κ1) is 47.5. The summed E-state index contributed by atoms with van der Waals surface area (Å²) in [6, 6.07) is 13.5. The zero-order valence-electron chi connectivity index (χ0n) is 33.5. The Morgan fingerprint density at radius 2 is 1.22 bits per heavy atom. The molecule has 0 radical (unpaired) electrons. The van der Waals surface area contributed by atoms with Gasteiger partial charge in [-0.05, 0) is 42.0 Å². The van der Waals surface area contributed by atoms with Gasteiger partial charge in [0.1, 0.15) is 103 Å². The largest absolute Gasteiger partial charge is 0.508 e. The molecule has 23 nitrogen and oxygen atoms in total. The first-order valence-corrected chi connectivity index (χ1v) is 19.4. The summed E-state index contributed by atoms with van der Waals surface area (Å²) in [5.41, 5.74) is 0.777. The highest BCUT2D eigenvalue weighted by Gasteiger charge is 2.50. The quantitative estimate of drug-likeness (QED) is 0.0378. The molecule has 3 aliphatic rings. The monoisotopic (exact) mass is 914 g/mol. The number of aliphatic hydroxyl groups is 5. The number of hydrogen-bond donors (Lipinski definition) is 10. The summed E-state index contributed by atoms with van der Waals surface area (Å²) in [7, 11) is 0. The Labute approximate surface area is 366 Å². The number of ether oxygens (including phenoxy) is 8. The SMILES string of the molecule is O=C(O)CC(=O)OCC1OC(Oc2cc(O)cc3c2C=C(OC2OC(COC(=O)C=Cc4ccc(O)cc4)C(O)C(O)C2O)C(c2ccc(O)cc2)O3)C(O)C(O)C1OC(=O)CC(=O)O. The lowest BCUT2D eigenvalue weighted by atomic mass is 9.98. The van der Waals surface area contributed by atoms with Crippen LogP contribution >= 0.6 is 0 Å². The van der Waals surface area contributed by atoms with E-state index in [1.165, 1.54) is 60.7 Å². The number of aliphatic carboxylic acids is 2. The Bertz CT molecular complexity index is 2270. The average Bonchev–Trinajstić information content (AvgIpc) is 3.25. The maximum atomic E-state index is 12.5. The van der Waals surface area contributed by atoms with Gasteiger partial charge in [-0.2, -0.15) is 0 Å². The highest BCUT2D eigenvalue weighted by atomic mass is 16.7. The Morgan fingerprint density at radius 3 is 1.88 bits per heavy atom. The fourth-order valence-electron chi connectivity index (χ4n) is 6.63. The smallest absolute Gasteiger partial charge is 0.330 e. The first-order chi connectivity index (χ1) is 30.9. The molecule has 3 aromatic carbocycles. The van der Waals surface area contributed by atoms with Gasteiger partial charge in [0.05, 0.1) is 5.56 Å². The van der Waals surface area contributed by atoms with Gasteiger partial charge in [0.15, 0.2) is 12.2 Å². The fraction of sp³-hybridized carbons (Fsp3) is 0.357. The molecule has 2 fully saturated rings. The Kier molecular flexibility index (Phi) is 15.1. The minimum Gasteiger partial charge on any atom is -0.508 e.